The van der Waals surface area contributed by atoms with Gasteiger partial charge in [0, 0.05) is 0 Å². The normalized spacial score (nSPS) is 12.6. The van der Waals surface area contributed by atoms with E-state index in [4.69, 9.17) is 0 Å². The zero-order valence-corrected chi connectivity index (χ0v) is 19.3. The van der Waals surface area contributed by atoms with E-state index in [1.807, 2.05) is 0 Å². The van der Waals surface area contributed by atoms with Crippen LogP contribution in [0.15, 0.2) is 0 Å². The Kier molecular flexibility index (Phi) is 24.0. The molecule has 0 aliphatic rings. The van der Waals surface area contributed by atoms with Crippen LogP contribution in [-0.2, 0) is 0 Å². The summed E-state index contributed by atoms with van der Waals surface area (Å²) in [5.74, 6) is 0. The van der Waals surface area contributed by atoms with Gasteiger partial charge in [-0.25, -0.2) is 0 Å². The summed E-state index contributed by atoms with van der Waals surface area (Å²) in [7, 11) is 0. The topological polar surface area (TPSA) is 20.2 Å². The molecular weight excluding hydrogens is 328 g/mol. The Morgan fingerprint density at radius 2 is 0.593 bits per heavy atom. The molecule has 1 heteroatoms. The van der Waals surface area contributed by atoms with Crippen LogP contribution in [-0.4, -0.2) is 11.2 Å². The first-order valence-electron chi connectivity index (χ1n) is 13.0. The molecule has 0 aromatic carbocycles. The lowest BCUT2D eigenvalue weighted by Crippen LogP contribution is -2.05. The number of unbranched alkanes of at least 4 members (excludes halogenated alkanes) is 19. The van der Waals surface area contributed by atoms with E-state index < -0.39 is 0 Å². The lowest BCUT2D eigenvalue weighted by atomic mass is 10.0. The molecule has 0 aliphatic carbocycles. The number of hydrogen-bond acceptors (Lipinski definition) is 1. The summed E-state index contributed by atoms with van der Waals surface area (Å²) in [5.41, 5.74) is 0. The van der Waals surface area contributed by atoms with Gasteiger partial charge in [0.25, 0.3) is 0 Å². The fourth-order valence-corrected chi connectivity index (χ4v) is 4.06. The predicted molar refractivity (Wildman–Crippen MR) is 124 cm³/mol. The average Bonchev–Trinajstić information content (AvgIpc) is 2.67. The summed E-state index contributed by atoms with van der Waals surface area (Å²) in [5, 5.41) is 10.0. The summed E-state index contributed by atoms with van der Waals surface area (Å²) in [6, 6.07) is 0. The van der Waals surface area contributed by atoms with Crippen LogP contribution >= 0.6 is 0 Å². The summed E-state index contributed by atoms with van der Waals surface area (Å²) >= 11 is 0. The molecule has 0 aromatic heterocycles. The maximum absolute atomic E-state index is 10.0. The molecule has 0 radical (unpaired) electrons. The van der Waals surface area contributed by atoms with Crippen molar-refractivity contribution in [2.24, 2.45) is 0 Å². The highest BCUT2D eigenvalue weighted by Crippen LogP contribution is 2.15. The van der Waals surface area contributed by atoms with Crippen molar-refractivity contribution in [2.75, 3.05) is 0 Å². The van der Waals surface area contributed by atoms with Gasteiger partial charge in [-0.15, -0.1) is 0 Å². The maximum atomic E-state index is 10.0. The van der Waals surface area contributed by atoms with Gasteiger partial charge in [0.1, 0.15) is 0 Å². The third-order valence-corrected chi connectivity index (χ3v) is 6.03. The second kappa shape index (κ2) is 24.0. The monoisotopic (exact) mass is 382 g/mol. The molecule has 0 spiro atoms. The van der Waals surface area contributed by atoms with E-state index in [1.54, 1.807) is 0 Å². The Morgan fingerprint density at radius 1 is 0.370 bits per heavy atom. The highest BCUT2D eigenvalue weighted by atomic mass is 16.3. The molecule has 0 fully saturated rings. The first kappa shape index (κ1) is 27.0. The Bertz CT molecular complexity index is 251. The summed E-state index contributed by atoms with van der Waals surface area (Å²) in [6.07, 6.45) is 31.3. The van der Waals surface area contributed by atoms with Crippen LogP contribution in [0.25, 0.3) is 0 Å². The van der Waals surface area contributed by atoms with Crippen molar-refractivity contribution in [1.29, 1.82) is 0 Å². The van der Waals surface area contributed by atoms with Crippen molar-refractivity contribution in [2.45, 2.75) is 168 Å². The first-order chi connectivity index (χ1) is 13.3. The largest absolute Gasteiger partial charge is 0.393 e. The van der Waals surface area contributed by atoms with E-state index in [2.05, 4.69) is 13.8 Å². The highest BCUT2D eigenvalue weighted by Gasteiger charge is 2.03. The molecular formula is C26H54O. The number of hydrogen-bond donors (Lipinski definition) is 1. The van der Waals surface area contributed by atoms with E-state index in [0.29, 0.717) is 0 Å². The molecule has 1 N–H and O–H groups in total. The van der Waals surface area contributed by atoms with E-state index in [9.17, 15) is 5.11 Å². The first-order valence-corrected chi connectivity index (χ1v) is 13.0. The summed E-state index contributed by atoms with van der Waals surface area (Å²) in [6.45, 7) is 4.55. The Labute approximate surface area is 173 Å². The second-order valence-corrected chi connectivity index (χ2v) is 8.95. The van der Waals surface area contributed by atoms with Crippen LogP contribution in [0.1, 0.15) is 162 Å². The molecule has 0 aromatic rings. The molecule has 1 nitrogen and oxygen atoms in total. The van der Waals surface area contributed by atoms with Crippen LogP contribution in [0.5, 0.6) is 0 Å². The van der Waals surface area contributed by atoms with E-state index in [0.717, 1.165) is 12.8 Å². The van der Waals surface area contributed by atoms with Crippen molar-refractivity contribution in [3.8, 4) is 0 Å². The summed E-state index contributed by atoms with van der Waals surface area (Å²) < 4.78 is 0. The van der Waals surface area contributed by atoms with Crippen molar-refractivity contribution < 1.29 is 5.11 Å². The third kappa shape index (κ3) is 23.9. The van der Waals surface area contributed by atoms with Crippen LogP contribution in [0.3, 0.4) is 0 Å². The highest BCUT2D eigenvalue weighted by molar-refractivity contribution is 4.57. The molecule has 1 atom stereocenters. The SMILES string of the molecule is CCCCCCCCCCCCCCCCCCC(O)CCCCCCC. The van der Waals surface area contributed by atoms with Gasteiger partial charge in [-0.1, -0.05) is 149 Å². The van der Waals surface area contributed by atoms with Crippen molar-refractivity contribution in [3.05, 3.63) is 0 Å². The van der Waals surface area contributed by atoms with E-state index in [1.165, 1.54) is 135 Å². The van der Waals surface area contributed by atoms with Gasteiger partial charge < -0.3 is 5.11 Å². The Balaban J connectivity index is 3.08. The molecule has 27 heavy (non-hydrogen) atoms. The molecule has 1 unspecified atom stereocenters. The zero-order valence-electron chi connectivity index (χ0n) is 19.3. The maximum Gasteiger partial charge on any atom is 0.0540 e. The lowest BCUT2D eigenvalue weighted by molar-refractivity contribution is 0.147. The molecule has 0 bridgehead atoms. The molecule has 0 rings (SSSR count). The van der Waals surface area contributed by atoms with Gasteiger partial charge in [-0.05, 0) is 12.8 Å². The van der Waals surface area contributed by atoms with Gasteiger partial charge in [0.05, 0.1) is 6.10 Å². The van der Waals surface area contributed by atoms with Crippen molar-refractivity contribution >= 4 is 0 Å². The number of aliphatic hydroxyl groups is 1. The van der Waals surface area contributed by atoms with Crippen molar-refractivity contribution in [1.82, 2.24) is 0 Å². The Hall–Kier alpha value is -0.0400. The minimum atomic E-state index is -0.0294. The fourth-order valence-electron chi connectivity index (χ4n) is 4.06. The smallest absolute Gasteiger partial charge is 0.0540 e. The minimum absolute atomic E-state index is 0.0294. The fraction of sp³-hybridized carbons (Fsp3) is 1.00. The average molecular weight is 383 g/mol. The predicted octanol–water partition coefficient (Wildman–Crippen LogP) is 9.36. The summed E-state index contributed by atoms with van der Waals surface area (Å²) in [4.78, 5) is 0. The Morgan fingerprint density at radius 3 is 0.852 bits per heavy atom. The van der Waals surface area contributed by atoms with Crippen LogP contribution in [0.4, 0.5) is 0 Å². The van der Waals surface area contributed by atoms with Crippen LogP contribution in [0, 0.1) is 0 Å². The molecule has 0 saturated carbocycles. The molecule has 0 saturated heterocycles. The molecule has 0 aliphatic heterocycles. The van der Waals surface area contributed by atoms with E-state index in [-0.39, 0.29) is 6.10 Å². The number of rotatable bonds is 23. The van der Waals surface area contributed by atoms with Gasteiger partial charge >= 0.3 is 0 Å². The quantitative estimate of drug-likeness (QED) is 0.174. The standard InChI is InChI=1S/C26H54O/c1-3-5-7-9-10-11-12-13-14-15-16-17-18-19-21-23-25-26(27)24-22-20-8-6-4-2/h26-27H,3-25H2,1-2H3. The lowest BCUT2D eigenvalue weighted by Gasteiger charge is -2.10. The van der Waals surface area contributed by atoms with Gasteiger partial charge in [0.2, 0.25) is 0 Å². The van der Waals surface area contributed by atoms with Gasteiger partial charge in [0.15, 0.2) is 0 Å². The van der Waals surface area contributed by atoms with Crippen LogP contribution in [0.2, 0.25) is 0 Å². The van der Waals surface area contributed by atoms with Crippen LogP contribution < -0.4 is 0 Å². The van der Waals surface area contributed by atoms with Gasteiger partial charge in [-0.2, -0.15) is 0 Å². The molecule has 0 heterocycles. The zero-order chi connectivity index (χ0) is 19.8. The number of aliphatic hydroxyl groups excluding tert-OH is 1. The van der Waals surface area contributed by atoms with Crippen molar-refractivity contribution in [3.63, 3.8) is 0 Å². The molecule has 0 amide bonds. The second-order valence-electron chi connectivity index (χ2n) is 8.95. The van der Waals surface area contributed by atoms with Gasteiger partial charge in [-0.3, -0.25) is 0 Å². The minimum Gasteiger partial charge on any atom is -0.393 e. The third-order valence-electron chi connectivity index (χ3n) is 6.03. The van der Waals surface area contributed by atoms with E-state index >= 15 is 0 Å². The molecule has 164 valence electrons.